The fourth-order valence-corrected chi connectivity index (χ4v) is 4.17. The molecule has 1 saturated heterocycles. The molecule has 1 unspecified atom stereocenters. The van der Waals surface area contributed by atoms with E-state index in [-0.39, 0.29) is 5.60 Å². The molecule has 0 saturated carbocycles. The summed E-state index contributed by atoms with van der Waals surface area (Å²) in [7, 11) is 0. The highest BCUT2D eigenvalue weighted by atomic mass is 16.5. The number of aromatic nitrogens is 2. The van der Waals surface area contributed by atoms with Gasteiger partial charge >= 0.3 is 0 Å². The summed E-state index contributed by atoms with van der Waals surface area (Å²) in [6, 6.07) is 7.54. The lowest BCUT2D eigenvalue weighted by Gasteiger charge is -2.31. The molecular formula is C23H27N5O4. The molecule has 9 heteroatoms. The van der Waals surface area contributed by atoms with Crippen molar-refractivity contribution in [3.05, 3.63) is 48.0 Å². The van der Waals surface area contributed by atoms with E-state index in [0.29, 0.717) is 36.2 Å². The Kier molecular flexibility index (Phi) is 5.15. The second-order valence-corrected chi connectivity index (χ2v) is 8.71. The van der Waals surface area contributed by atoms with Gasteiger partial charge in [-0.05, 0) is 32.0 Å². The predicted octanol–water partition coefficient (Wildman–Crippen LogP) is 2.97. The minimum Gasteiger partial charge on any atom is -0.487 e. The van der Waals surface area contributed by atoms with E-state index in [1.807, 2.05) is 0 Å². The number of pyridine rings is 1. The average molecular weight is 438 g/mol. The maximum atomic E-state index is 10.9. The lowest BCUT2D eigenvalue weighted by atomic mass is 10.0. The Bertz CT molecular complexity index is 1120. The van der Waals surface area contributed by atoms with Gasteiger partial charge < -0.3 is 34.9 Å². The van der Waals surface area contributed by atoms with Gasteiger partial charge in [0.2, 0.25) is 5.89 Å². The van der Waals surface area contributed by atoms with Crippen LogP contribution in [-0.2, 0) is 11.2 Å². The summed E-state index contributed by atoms with van der Waals surface area (Å²) in [5.41, 5.74) is 9.46. The normalized spacial score (nSPS) is 18.2. The van der Waals surface area contributed by atoms with E-state index in [4.69, 9.17) is 19.6 Å². The highest BCUT2D eigenvalue weighted by molar-refractivity contribution is 5.75. The minimum absolute atomic E-state index is 0.255. The quantitative estimate of drug-likeness (QED) is 0.518. The number of hydrogen-bond donors (Lipinski definition) is 3. The number of rotatable bonds is 5. The molecule has 32 heavy (non-hydrogen) atoms. The summed E-state index contributed by atoms with van der Waals surface area (Å²) in [6.07, 6.45) is 2.78. The zero-order valence-electron chi connectivity index (χ0n) is 18.2. The van der Waals surface area contributed by atoms with Crippen molar-refractivity contribution in [3.63, 3.8) is 0 Å². The molecule has 5 rings (SSSR count). The topological polar surface area (TPSA) is 119 Å². The first kappa shape index (κ1) is 20.6. The van der Waals surface area contributed by atoms with Crippen molar-refractivity contribution in [1.82, 2.24) is 9.97 Å². The lowest BCUT2D eigenvalue weighted by Crippen LogP contribution is -2.36. The van der Waals surface area contributed by atoms with E-state index in [9.17, 15) is 5.11 Å². The van der Waals surface area contributed by atoms with E-state index in [1.54, 1.807) is 18.3 Å². The molecule has 1 atom stereocenters. The largest absolute Gasteiger partial charge is 0.487 e. The number of nitrogen functional groups attached to an aromatic ring is 1. The summed E-state index contributed by atoms with van der Waals surface area (Å²) in [4.78, 5) is 10.7. The summed E-state index contributed by atoms with van der Waals surface area (Å²) in [5, 5.41) is 14.1. The highest BCUT2D eigenvalue weighted by Gasteiger charge is 2.32. The molecule has 168 valence electrons. The van der Waals surface area contributed by atoms with Crippen molar-refractivity contribution < 1.29 is 19.0 Å². The van der Waals surface area contributed by atoms with Gasteiger partial charge in [-0.15, -0.1) is 0 Å². The Labute approximate surface area is 186 Å². The predicted molar refractivity (Wildman–Crippen MR) is 121 cm³/mol. The van der Waals surface area contributed by atoms with Gasteiger partial charge in [-0.25, -0.2) is 9.97 Å². The van der Waals surface area contributed by atoms with Crippen LogP contribution in [-0.4, -0.2) is 47.0 Å². The molecule has 2 aromatic heterocycles. The Morgan fingerprint density at radius 1 is 1.22 bits per heavy atom. The third-order valence-corrected chi connectivity index (χ3v) is 5.66. The third-order valence-electron chi connectivity index (χ3n) is 5.66. The van der Waals surface area contributed by atoms with Gasteiger partial charge in [0.1, 0.15) is 29.1 Å². The SMILES string of the molecule is CC1(C)Cc2cc(NC(O)c3coc(-c4ccnc(N)c4)n3)c(N3CCOCC3)cc2O1. The Balaban J connectivity index is 1.43. The van der Waals surface area contributed by atoms with E-state index in [1.165, 1.54) is 6.26 Å². The molecule has 0 spiro atoms. The number of hydrogen-bond acceptors (Lipinski definition) is 9. The average Bonchev–Trinajstić information content (AvgIpc) is 3.37. The first-order valence-electron chi connectivity index (χ1n) is 10.7. The fraction of sp³-hybridized carbons (Fsp3) is 0.391. The van der Waals surface area contributed by atoms with Gasteiger partial charge in [0.15, 0.2) is 6.23 Å². The number of aliphatic hydroxyl groups excluding tert-OH is 1. The van der Waals surface area contributed by atoms with Crippen LogP contribution < -0.4 is 20.7 Å². The Morgan fingerprint density at radius 2 is 2.03 bits per heavy atom. The highest BCUT2D eigenvalue weighted by Crippen LogP contribution is 2.42. The summed E-state index contributed by atoms with van der Waals surface area (Å²) in [5.74, 6) is 1.63. The number of anilines is 3. The van der Waals surface area contributed by atoms with E-state index < -0.39 is 6.23 Å². The first-order valence-corrected chi connectivity index (χ1v) is 10.7. The summed E-state index contributed by atoms with van der Waals surface area (Å²) in [6.45, 7) is 7.01. The van der Waals surface area contributed by atoms with Crippen LogP contribution in [0.5, 0.6) is 5.75 Å². The molecule has 0 bridgehead atoms. The number of nitrogens with two attached hydrogens (primary N) is 1. The maximum absolute atomic E-state index is 10.9. The first-order chi connectivity index (χ1) is 15.4. The molecule has 2 aliphatic heterocycles. The summed E-state index contributed by atoms with van der Waals surface area (Å²) >= 11 is 0. The van der Waals surface area contributed by atoms with Crippen molar-refractivity contribution >= 4 is 17.2 Å². The van der Waals surface area contributed by atoms with Crippen molar-refractivity contribution in [2.24, 2.45) is 0 Å². The number of morpholine rings is 1. The molecule has 1 aromatic carbocycles. The fourth-order valence-electron chi connectivity index (χ4n) is 4.17. The van der Waals surface area contributed by atoms with Gasteiger partial charge in [0.25, 0.3) is 0 Å². The second-order valence-electron chi connectivity index (χ2n) is 8.71. The van der Waals surface area contributed by atoms with Crippen LogP contribution in [0.1, 0.15) is 31.3 Å². The molecule has 0 amide bonds. The number of benzene rings is 1. The van der Waals surface area contributed by atoms with Crippen LogP contribution in [0.15, 0.2) is 41.1 Å². The van der Waals surface area contributed by atoms with Crippen LogP contribution >= 0.6 is 0 Å². The van der Waals surface area contributed by atoms with E-state index in [2.05, 4.69) is 46.2 Å². The Hall–Kier alpha value is -3.30. The maximum Gasteiger partial charge on any atom is 0.226 e. The third kappa shape index (κ3) is 4.09. The molecule has 0 aliphatic carbocycles. The summed E-state index contributed by atoms with van der Waals surface area (Å²) < 4.78 is 17.2. The van der Waals surface area contributed by atoms with Gasteiger partial charge in [-0.2, -0.15) is 0 Å². The van der Waals surface area contributed by atoms with Crippen molar-refractivity contribution in [1.29, 1.82) is 0 Å². The zero-order valence-corrected chi connectivity index (χ0v) is 18.2. The van der Waals surface area contributed by atoms with Gasteiger partial charge in [0.05, 0.1) is 24.6 Å². The number of fused-ring (bicyclic) bond motifs is 1. The number of nitrogens with zero attached hydrogens (tertiary/aromatic N) is 3. The molecule has 3 aromatic rings. The standard InChI is InChI=1S/C23H27N5O4/c1-23(2)12-15-9-16(18(11-19(15)32-23)28-5-7-30-8-6-28)26-21(29)17-13-31-22(27-17)14-3-4-25-20(24)10-14/h3-4,9-11,13,21,26,29H,5-8,12H2,1-2H3,(H2,24,25). The monoisotopic (exact) mass is 437 g/mol. The van der Waals surface area contributed by atoms with Crippen molar-refractivity contribution in [2.75, 3.05) is 42.3 Å². The van der Waals surface area contributed by atoms with Crippen molar-refractivity contribution in [2.45, 2.75) is 32.1 Å². The van der Waals surface area contributed by atoms with E-state index in [0.717, 1.165) is 42.2 Å². The molecular weight excluding hydrogens is 410 g/mol. The molecule has 4 heterocycles. The minimum atomic E-state index is -1.06. The smallest absolute Gasteiger partial charge is 0.226 e. The van der Waals surface area contributed by atoms with E-state index >= 15 is 0 Å². The number of aliphatic hydroxyl groups is 1. The van der Waals surface area contributed by atoms with Gasteiger partial charge in [0, 0.05) is 42.9 Å². The molecule has 4 N–H and O–H groups in total. The zero-order chi connectivity index (χ0) is 22.3. The van der Waals surface area contributed by atoms with Crippen molar-refractivity contribution in [3.8, 4) is 17.2 Å². The lowest BCUT2D eigenvalue weighted by molar-refractivity contribution is 0.122. The molecule has 0 radical (unpaired) electrons. The number of nitrogens with one attached hydrogen (secondary N) is 1. The number of ether oxygens (including phenoxy) is 2. The molecule has 9 nitrogen and oxygen atoms in total. The second kappa shape index (κ2) is 7.99. The molecule has 2 aliphatic rings. The van der Waals surface area contributed by atoms with Crippen LogP contribution in [0.25, 0.3) is 11.5 Å². The Morgan fingerprint density at radius 3 is 2.81 bits per heavy atom. The molecule has 1 fully saturated rings. The van der Waals surface area contributed by atoms with Gasteiger partial charge in [-0.1, -0.05) is 0 Å². The number of oxazole rings is 1. The van der Waals surface area contributed by atoms with Gasteiger partial charge in [-0.3, -0.25) is 0 Å². The van der Waals surface area contributed by atoms with Crippen LogP contribution in [0, 0.1) is 0 Å². The van der Waals surface area contributed by atoms with Crippen LogP contribution in [0.3, 0.4) is 0 Å². The van der Waals surface area contributed by atoms with Crippen LogP contribution in [0.4, 0.5) is 17.2 Å². The van der Waals surface area contributed by atoms with Crippen LogP contribution in [0.2, 0.25) is 0 Å².